The number of benzene rings is 2. The van der Waals surface area contributed by atoms with Gasteiger partial charge in [0.15, 0.2) is 0 Å². The van der Waals surface area contributed by atoms with Gasteiger partial charge in [-0.2, -0.15) is 0 Å². The van der Waals surface area contributed by atoms with Gasteiger partial charge in [0.05, 0.1) is 19.8 Å². The number of carbonyl (C=O) groups is 3. The number of hydrogen-bond acceptors (Lipinski definition) is 5. The molecule has 1 unspecified atom stereocenters. The summed E-state index contributed by atoms with van der Waals surface area (Å²) in [6, 6.07) is 14.9. The van der Waals surface area contributed by atoms with Gasteiger partial charge in [0.25, 0.3) is 0 Å². The van der Waals surface area contributed by atoms with Gasteiger partial charge < -0.3 is 9.47 Å². The molecule has 5 heteroatoms. The van der Waals surface area contributed by atoms with Crippen molar-refractivity contribution in [2.45, 2.75) is 32.6 Å². The Hall–Kier alpha value is -2.95. The molecule has 0 saturated heterocycles. The normalized spacial score (nSPS) is 11.5. The van der Waals surface area contributed by atoms with Gasteiger partial charge in [-0.1, -0.05) is 55.8 Å². The van der Waals surface area contributed by atoms with Crippen molar-refractivity contribution in [1.29, 1.82) is 0 Å². The summed E-state index contributed by atoms with van der Waals surface area (Å²) in [6.45, 7) is 1.99. The van der Waals surface area contributed by atoms with Crippen LogP contribution in [0.25, 0.3) is 11.1 Å². The zero-order chi connectivity index (χ0) is 20.5. The van der Waals surface area contributed by atoms with Crippen molar-refractivity contribution in [1.82, 2.24) is 0 Å². The van der Waals surface area contributed by atoms with Crippen LogP contribution < -0.4 is 0 Å². The van der Waals surface area contributed by atoms with E-state index in [9.17, 15) is 14.4 Å². The highest BCUT2D eigenvalue weighted by atomic mass is 16.5. The molecular formula is C23H26O5. The fourth-order valence-corrected chi connectivity index (χ4v) is 3.10. The molecule has 0 saturated carbocycles. The number of esters is 2. The van der Waals surface area contributed by atoms with Crippen LogP contribution in [0.15, 0.2) is 48.5 Å². The maximum absolute atomic E-state index is 12.5. The van der Waals surface area contributed by atoms with E-state index in [1.165, 1.54) is 14.2 Å². The molecule has 0 spiro atoms. The van der Waals surface area contributed by atoms with Crippen LogP contribution in [-0.2, 0) is 25.5 Å². The molecule has 0 aliphatic rings. The van der Waals surface area contributed by atoms with Crippen molar-refractivity contribution in [3.05, 3.63) is 59.7 Å². The lowest BCUT2D eigenvalue weighted by Gasteiger charge is -2.15. The van der Waals surface area contributed by atoms with Crippen LogP contribution in [0, 0.1) is 5.92 Å². The van der Waals surface area contributed by atoms with Crippen molar-refractivity contribution in [2.24, 2.45) is 5.92 Å². The van der Waals surface area contributed by atoms with Gasteiger partial charge in [-0.15, -0.1) is 0 Å². The van der Waals surface area contributed by atoms with Crippen LogP contribution in [0.5, 0.6) is 0 Å². The molecule has 28 heavy (non-hydrogen) atoms. The molecule has 0 aliphatic carbocycles. The van der Waals surface area contributed by atoms with E-state index in [1.807, 2.05) is 49.4 Å². The van der Waals surface area contributed by atoms with Gasteiger partial charge in [-0.25, -0.2) is 4.79 Å². The minimum Gasteiger partial charge on any atom is -0.468 e. The summed E-state index contributed by atoms with van der Waals surface area (Å²) in [5.74, 6) is -2.02. The van der Waals surface area contributed by atoms with E-state index in [-0.39, 0.29) is 12.2 Å². The zero-order valence-corrected chi connectivity index (χ0v) is 16.6. The topological polar surface area (TPSA) is 69.7 Å². The number of rotatable bonds is 9. The van der Waals surface area contributed by atoms with E-state index in [4.69, 9.17) is 9.47 Å². The molecule has 0 N–H and O–H groups in total. The number of methoxy groups -OCH3 is 2. The highest BCUT2D eigenvalue weighted by Crippen LogP contribution is 2.27. The second-order valence-electron chi connectivity index (χ2n) is 6.59. The van der Waals surface area contributed by atoms with Gasteiger partial charge in [-0.05, 0) is 35.6 Å². The third kappa shape index (κ3) is 5.28. The van der Waals surface area contributed by atoms with E-state index in [0.29, 0.717) is 17.5 Å². The number of unbranched alkanes of at least 4 members (excludes halogenated alkanes) is 1. The zero-order valence-electron chi connectivity index (χ0n) is 16.6. The van der Waals surface area contributed by atoms with E-state index >= 15 is 0 Å². The first-order valence-corrected chi connectivity index (χ1v) is 9.39. The molecular weight excluding hydrogens is 356 g/mol. The second kappa shape index (κ2) is 10.4. The molecule has 2 aromatic rings. The van der Waals surface area contributed by atoms with Crippen molar-refractivity contribution >= 4 is 17.7 Å². The van der Waals surface area contributed by atoms with Crippen LogP contribution in [0.2, 0.25) is 0 Å². The van der Waals surface area contributed by atoms with Gasteiger partial charge in [0.2, 0.25) is 0 Å². The van der Waals surface area contributed by atoms with Gasteiger partial charge in [0, 0.05) is 6.42 Å². The molecule has 0 heterocycles. The summed E-state index contributed by atoms with van der Waals surface area (Å²) >= 11 is 0. The van der Waals surface area contributed by atoms with E-state index < -0.39 is 17.9 Å². The summed E-state index contributed by atoms with van der Waals surface area (Å²) in [6.07, 6.45) is 2.13. The molecule has 0 aromatic heterocycles. The van der Waals surface area contributed by atoms with Crippen LogP contribution in [0.4, 0.5) is 0 Å². The molecule has 1 atom stereocenters. The Morgan fingerprint density at radius 3 is 2.29 bits per heavy atom. The molecule has 0 amide bonds. The van der Waals surface area contributed by atoms with E-state index in [2.05, 4.69) is 0 Å². The Morgan fingerprint density at radius 1 is 0.964 bits per heavy atom. The molecule has 148 valence electrons. The summed E-state index contributed by atoms with van der Waals surface area (Å²) in [4.78, 5) is 37.0. The number of carbonyl (C=O) groups excluding carboxylic acids is 3. The molecule has 0 aliphatic heterocycles. The van der Waals surface area contributed by atoms with E-state index in [0.717, 1.165) is 24.0 Å². The first-order valence-electron chi connectivity index (χ1n) is 9.39. The van der Waals surface area contributed by atoms with Gasteiger partial charge >= 0.3 is 11.9 Å². The van der Waals surface area contributed by atoms with Crippen LogP contribution in [0.3, 0.4) is 0 Å². The first kappa shape index (κ1) is 21.4. The predicted molar refractivity (Wildman–Crippen MR) is 107 cm³/mol. The van der Waals surface area contributed by atoms with Gasteiger partial charge in [-0.3, -0.25) is 9.59 Å². The number of ether oxygens (including phenoxy) is 2. The SMILES string of the molecule is CCCCC(=O)C(Cc1ccc(-c2ccccc2)c(C(=O)OC)c1)C(=O)OC. The van der Waals surface area contributed by atoms with Crippen molar-refractivity contribution in [3.8, 4) is 11.1 Å². The quantitative estimate of drug-likeness (QED) is 0.479. The molecule has 0 fully saturated rings. The molecule has 5 nitrogen and oxygen atoms in total. The Balaban J connectivity index is 2.38. The molecule has 0 radical (unpaired) electrons. The second-order valence-corrected chi connectivity index (χ2v) is 6.59. The first-order chi connectivity index (χ1) is 13.5. The summed E-state index contributed by atoms with van der Waals surface area (Å²) in [5.41, 5.74) is 2.73. The summed E-state index contributed by atoms with van der Waals surface area (Å²) < 4.78 is 9.76. The number of ketones is 1. The van der Waals surface area contributed by atoms with Gasteiger partial charge in [0.1, 0.15) is 11.7 Å². The minimum absolute atomic E-state index is 0.138. The van der Waals surface area contributed by atoms with Crippen LogP contribution in [-0.4, -0.2) is 31.9 Å². The maximum Gasteiger partial charge on any atom is 0.338 e. The molecule has 2 rings (SSSR count). The lowest BCUT2D eigenvalue weighted by molar-refractivity contribution is -0.149. The maximum atomic E-state index is 12.5. The minimum atomic E-state index is -0.871. The highest BCUT2D eigenvalue weighted by Gasteiger charge is 2.27. The average molecular weight is 382 g/mol. The number of Topliss-reactive ketones (excluding diaryl/α,β-unsaturated/α-hetero) is 1. The Kier molecular flexibility index (Phi) is 7.93. The highest BCUT2D eigenvalue weighted by molar-refractivity contribution is 6.00. The van der Waals surface area contributed by atoms with Crippen molar-refractivity contribution < 1.29 is 23.9 Å². The molecule has 2 aromatic carbocycles. The Labute approximate surface area is 165 Å². The summed E-state index contributed by atoms with van der Waals surface area (Å²) in [5, 5.41) is 0. The van der Waals surface area contributed by atoms with Crippen molar-refractivity contribution in [2.75, 3.05) is 14.2 Å². The Bertz CT molecular complexity index is 826. The fraction of sp³-hybridized carbons (Fsp3) is 0.348. The van der Waals surface area contributed by atoms with Crippen LogP contribution >= 0.6 is 0 Å². The third-order valence-corrected chi connectivity index (χ3v) is 4.66. The average Bonchev–Trinajstić information content (AvgIpc) is 2.75. The molecule has 0 bridgehead atoms. The lowest BCUT2D eigenvalue weighted by atomic mass is 9.90. The third-order valence-electron chi connectivity index (χ3n) is 4.66. The lowest BCUT2D eigenvalue weighted by Crippen LogP contribution is -2.27. The standard InChI is InChI=1S/C23H26O5/c1-4-5-11-21(24)20(23(26)28-3)15-16-12-13-18(17-9-7-6-8-10-17)19(14-16)22(25)27-2/h6-10,12-14,20H,4-5,11,15H2,1-3H3. The number of hydrogen-bond donors (Lipinski definition) is 0. The Morgan fingerprint density at radius 2 is 1.68 bits per heavy atom. The van der Waals surface area contributed by atoms with Crippen molar-refractivity contribution in [3.63, 3.8) is 0 Å². The smallest absolute Gasteiger partial charge is 0.338 e. The predicted octanol–water partition coefficient (Wildman–Crippen LogP) is 4.23. The van der Waals surface area contributed by atoms with Crippen LogP contribution in [0.1, 0.15) is 42.1 Å². The summed E-state index contributed by atoms with van der Waals surface area (Å²) in [7, 11) is 2.61. The monoisotopic (exact) mass is 382 g/mol. The van der Waals surface area contributed by atoms with E-state index in [1.54, 1.807) is 6.07 Å². The largest absolute Gasteiger partial charge is 0.468 e. The fourth-order valence-electron chi connectivity index (χ4n) is 3.10.